The first-order valence-corrected chi connectivity index (χ1v) is 5.28. The van der Waals surface area contributed by atoms with Gasteiger partial charge in [-0.3, -0.25) is 4.68 Å². The van der Waals surface area contributed by atoms with E-state index in [4.69, 9.17) is 10.5 Å². The Kier molecular flexibility index (Phi) is 3.54. The molecule has 0 saturated heterocycles. The van der Waals surface area contributed by atoms with Crippen LogP contribution in [0.5, 0.6) is 5.75 Å². The van der Waals surface area contributed by atoms with Crippen LogP contribution in [-0.4, -0.2) is 21.6 Å². The zero-order valence-electron chi connectivity index (χ0n) is 9.21. The van der Waals surface area contributed by atoms with E-state index in [2.05, 4.69) is 10.3 Å². The van der Waals surface area contributed by atoms with Crippen LogP contribution in [0.3, 0.4) is 0 Å². The van der Waals surface area contributed by atoms with Crippen molar-refractivity contribution in [1.29, 1.82) is 0 Å². The molecule has 1 aromatic carbocycles. The van der Waals surface area contributed by atoms with Crippen LogP contribution in [0.15, 0.2) is 30.5 Å². The van der Waals surface area contributed by atoms with Crippen LogP contribution in [0.1, 0.15) is 6.42 Å². The van der Waals surface area contributed by atoms with Gasteiger partial charge in [0.1, 0.15) is 11.6 Å². The number of nitrogens with two attached hydrogens (primary N) is 1. The fourth-order valence-electron chi connectivity index (χ4n) is 1.37. The van der Waals surface area contributed by atoms with Crippen LogP contribution >= 0.6 is 0 Å². The van der Waals surface area contributed by atoms with Crippen molar-refractivity contribution in [3.8, 4) is 5.75 Å². The van der Waals surface area contributed by atoms with E-state index in [1.165, 1.54) is 12.1 Å². The Balaban J connectivity index is 1.71. The van der Waals surface area contributed by atoms with Gasteiger partial charge in [-0.2, -0.15) is 0 Å². The predicted molar refractivity (Wildman–Crippen MR) is 60.9 cm³/mol. The Labute approximate surface area is 98.0 Å². The SMILES string of the molecule is Nc1cn(CCCOc2ccc(F)cc2)nn1. The first-order chi connectivity index (χ1) is 8.24. The van der Waals surface area contributed by atoms with Crippen molar-refractivity contribution >= 4 is 5.82 Å². The molecule has 2 aromatic rings. The largest absolute Gasteiger partial charge is 0.494 e. The van der Waals surface area contributed by atoms with E-state index < -0.39 is 0 Å². The van der Waals surface area contributed by atoms with E-state index in [1.807, 2.05) is 0 Å². The fourth-order valence-corrected chi connectivity index (χ4v) is 1.37. The van der Waals surface area contributed by atoms with E-state index in [0.29, 0.717) is 24.7 Å². The number of hydrogen-bond donors (Lipinski definition) is 1. The van der Waals surface area contributed by atoms with E-state index in [-0.39, 0.29) is 5.82 Å². The molecule has 2 rings (SSSR count). The van der Waals surface area contributed by atoms with Crippen LogP contribution < -0.4 is 10.5 Å². The topological polar surface area (TPSA) is 66.0 Å². The molecule has 0 radical (unpaired) electrons. The molecule has 90 valence electrons. The molecule has 0 amide bonds. The van der Waals surface area contributed by atoms with Gasteiger partial charge in [-0.15, -0.1) is 5.10 Å². The summed E-state index contributed by atoms with van der Waals surface area (Å²) in [5.41, 5.74) is 5.43. The van der Waals surface area contributed by atoms with Crippen molar-refractivity contribution in [2.75, 3.05) is 12.3 Å². The molecule has 0 saturated carbocycles. The third-order valence-corrected chi connectivity index (χ3v) is 2.17. The monoisotopic (exact) mass is 236 g/mol. The highest BCUT2D eigenvalue weighted by molar-refractivity contribution is 5.22. The number of rotatable bonds is 5. The Bertz CT molecular complexity index is 469. The number of halogens is 1. The lowest BCUT2D eigenvalue weighted by molar-refractivity contribution is 0.297. The smallest absolute Gasteiger partial charge is 0.165 e. The standard InChI is InChI=1S/C11H13FN4O/c12-9-2-4-10(5-3-9)17-7-1-6-16-8-11(13)14-15-16/h2-5,8H,1,6-7,13H2. The molecule has 0 spiro atoms. The fraction of sp³-hybridized carbons (Fsp3) is 0.273. The highest BCUT2D eigenvalue weighted by Gasteiger charge is 1.97. The maximum absolute atomic E-state index is 12.6. The van der Waals surface area contributed by atoms with Crippen molar-refractivity contribution < 1.29 is 9.13 Å². The van der Waals surface area contributed by atoms with Crippen molar-refractivity contribution in [3.63, 3.8) is 0 Å². The quantitative estimate of drug-likeness (QED) is 0.798. The summed E-state index contributed by atoms with van der Waals surface area (Å²) in [4.78, 5) is 0. The molecule has 2 N–H and O–H groups in total. The van der Waals surface area contributed by atoms with Gasteiger partial charge < -0.3 is 10.5 Å². The summed E-state index contributed by atoms with van der Waals surface area (Å²) in [6.45, 7) is 1.22. The lowest BCUT2D eigenvalue weighted by atomic mass is 10.3. The van der Waals surface area contributed by atoms with E-state index in [0.717, 1.165) is 6.42 Å². The number of ether oxygens (including phenoxy) is 1. The van der Waals surface area contributed by atoms with Crippen molar-refractivity contribution in [2.45, 2.75) is 13.0 Å². The van der Waals surface area contributed by atoms with Crippen LogP contribution in [0.2, 0.25) is 0 Å². The first kappa shape index (κ1) is 11.4. The molecule has 1 aromatic heterocycles. The van der Waals surface area contributed by atoms with Crippen LogP contribution in [0.25, 0.3) is 0 Å². The molecular formula is C11H13FN4O. The van der Waals surface area contributed by atoms with Crippen LogP contribution in [-0.2, 0) is 6.54 Å². The number of nitrogens with zero attached hydrogens (tertiary/aromatic N) is 3. The van der Waals surface area contributed by atoms with E-state index in [9.17, 15) is 4.39 Å². The molecule has 0 atom stereocenters. The molecular weight excluding hydrogens is 223 g/mol. The zero-order valence-corrected chi connectivity index (χ0v) is 9.21. The lowest BCUT2D eigenvalue weighted by Gasteiger charge is -2.05. The normalized spacial score (nSPS) is 10.4. The molecule has 0 fully saturated rings. The van der Waals surface area contributed by atoms with Gasteiger partial charge in [0, 0.05) is 13.0 Å². The second-order valence-electron chi connectivity index (χ2n) is 3.56. The minimum atomic E-state index is -0.268. The number of benzene rings is 1. The lowest BCUT2D eigenvalue weighted by Crippen LogP contribution is -2.05. The van der Waals surface area contributed by atoms with E-state index in [1.54, 1.807) is 23.0 Å². The molecule has 5 nitrogen and oxygen atoms in total. The minimum absolute atomic E-state index is 0.268. The van der Waals surface area contributed by atoms with Crippen molar-refractivity contribution in [2.24, 2.45) is 0 Å². The van der Waals surface area contributed by atoms with Gasteiger partial charge in [0.25, 0.3) is 0 Å². The third-order valence-electron chi connectivity index (χ3n) is 2.17. The zero-order chi connectivity index (χ0) is 12.1. The Morgan fingerprint density at radius 3 is 2.71 bits per heavy atom. The molecule has 0 aliphatic heterocycles. The Morgan fingerprint density at radius 1 is 1.29 bits per heavy atom. The molecule has 17 heavy (non-hydrogen) atoms. The van der Waals surface area contributed by atoms with Gasteiger partial charge >= 0.3 is 0 Å². The van der Waals surface area contributed by atoms with Crippen LogP contribution in [0.4, 0.5) is 10.2 Å². The maximum Gasteiger partial charge on any atom is 0.165 e. The van der Waals surface area contributed by atoms with Gasteiger partial charge in [0.15, 0.2) is 5.82 Å². The molecule has 6 heteroatoms. The van der Waals surface area contributed by atoms with Gasteiger partial charge in [-0.25, -0.2) is 4.39 Å². The second kappa shape index (κ2) is 5.29. The number of aromatic nitrogens is 3. The molecule has 0 aliphatic rings. The third kappa shape index (κ3) is 3.44. The Hall–Kier alpha value is -2.11. The summed E-state index contributed by atoms with van der Waals surface area (Å²) in [6.07, 6.45) is 2.44. The average Bonchev–Trinajstić information content (AvgIpc) is 2.73. The molecule has 0 aliphatic carbocycles. The van der Waals surface area contributed by atoms with Crippen LogP contribution in [0, 0.1) is 5.82 Å². The molecule has 0 bridgehead atoms. The highest BCUT2D eigenvalue weighted by atomic mass is 19.1. The first-order valence-electron chi connectivity index (χ1n) is 5.28. The number of anilines is 1. The van der Waals surface area contributed by atoms with E-state index >= 15 is 0 Å². The van der Waals surface area contributed by atoms with Crippen molar-refractivity contribution in [1.82, 2.24) is 15.0 Å². The average molecular weight is 236 g/mol. The highest BCUT2D eigenvalue weighted by Crippen LogP contribution is 2.11. The number of hydrogen-bond acceptors (Lipinski definition) is 4. The molecule has 1 heterocycles. The Morgan fingerprint density at radius 2 is 2.06 bits per heavy atom. The number of aryl methyl sites for hydroxylation is 1. The minimum Gasteiger partial charge on any atom is -0.494 e. The van der Waals surface area contributed by atoms with Gasteiger partial charge in [0.05, 0.1) is 12.8 Å². The van der Waals surface area contributed by atoms with Gasteiger partial charge in [0.2, 0.25) is 0 Å². The van der Waals surface area contributed by atoms with Gasteiger partial charge in [-0.1, -0.05) is 5.21 Å². The summed E-state index contributed by atoms with van der Waals surface area (Å²) in [5, 5.41) is 7.48. The summed E-state index contributed by atoms with van der Waals surface area (Å²) >= 11 is 0. The summed E-state index contributed by atoms with van der Waals surface area (Å²) in [7, 11) is 0. The molecule has 0 unspecified atom stereocenters. The number of nitrogen functional groups attached to an aromatic ring is 1. The summed E-state index contributed by atoms with van der Waals surface area (Å²) in [5.74, 6) is 0.796. The summed E-state index contributed by atoms with van der Waals surface area (Å²) in [6, 6.07) is 5.94. The second-order valence-corrected chi connectivity index (χ2v) is 3.56. The maximum atomic E-state index is 12.6. The predicted octanol–water partition coefficient (Wildman–Crippen LogP) is 1.47. The summed E-state index contributed by atoms with van der Waals surface area (Å²) < 4.78 is 19.7. The van der Waals surface area contributed by atoms with Gasteiger partial charge in [-0.05, 0) is 24.3 Å². The van der Waals surface area contributed by atoms with Crippen molar-refractivity contribution in [3.05, 3.63) is 36.3 Å².